The van der Waals surface area contributed by atoms with E-state index < -0.39 is 17.1 Å². The van der Waals surface area contributed by atoms with Crippen molar-refractivity contribution in [1.29, 1.82) is 0 Å². The quantitative estimate of drug-likeness (QED) is 0.480. The molecule has 0 unspecified atom stereocenters. The lowest BCUT2D eigenvalue weighted by Gasteiger charge is -2.21. The van der Waals surface area contributed by atoms with Crippen LogP contribution in [0, 0.1) is 5.82 Å². The number of phenols is 1. The van der Waals surface area contributed by atoms with Gasteiger partial charge in [0, 0.05) is 14.1 Å². The van der Waals surface area contributed by atoms with Gasteiger partial charge in [0.05, 0.1) is 18.4 Å². The number of phenolic OH excluding ortho intramolecular Hbond substituents is 1. The highest BCUT2D eigenvalue weighted by Crippen LogP contribution is 2.22. The molecule has 3 N–H and O–H groups in total. The molecule has 0 radical (unpaired) electrons. The smallest absolute Gasteiger partial charge is 0.283 e. The monoisotopic (exact) mass is 370 g/mol. The van der Waals surface area contributed by atoms with Gasteiger partial charge in [-0.3, -0.25) is 4.79 Å². The van der Waals surface area contributed by atoms with Crippen molar-refractivity contribution in [2.24, 2.45) is 0 Å². The van der Waals surface area contributed by atoms with E-state index in [-0.39, 0.29) is 17.4 Å². The number of rotatable bonds is 4. The molecule has 0 bridgehead atoms. The second-order valence-corrected chi connectivity index (χ2v) is 5.96. The fraction of sp³-hybridized carbons (Fsp3) is 0.188. The fourth-order valence-corrected chi connectivity index (χ4v) is 2.85. The van der Waals surface area contributed by atoms with Crippen molar-refractivity contribution in [2.45, 2.75) is 6.54 Å². The molecular formula is C16H15FN8O2. The first-order valence-corrected chi connectivity index (χ1v) is 7.96. The van der Waals surface area contributed by atoms with Crippen LogP contribution in [0.3, 0.4) is 0 Å². The molecule has 0 aliphatic heterocycles. The number of hydrogen-bond acceptors (Lipinski definition) is 8. The van der Waals surface area contributed by atoms with Crippen LogP contribution in [0.1, 0.15) is 5.82 Å². The summed E-state index contributed by atoms with van der Waals surface area (Å²) in [6.45, 7) is 0.136. The normalized spacial score (nSPS) is 11.2. The van der Waals surface area contributed by atoms with E-state index in [0.717, 1.165) is 0 Å². The standard InChI is InChI=1S/C16H15FN8O2/c1-24(2)25-10(5-18-14-13-15(20-6-19-13)22-7-21-14)23-8-3-4-9(26)12(17)11(8)16(25)27/h3-4,6-7,26H,5H2,1-2H3,(H2,18,19,20,21,22). The zero-order chi connectivity index (χ0) is 19.1. The number of nitrogens with zero attached hydrogens (tertiary/aromatic N) is 6. The average molecular weight is 370 g/mol. The van der Waals surface area contributed by atoms with E-state index in [0.29, 0.717) is 22.8 Å². The largest absolute Gasteiger partial charge is 0.505 e. The van der Waals surface area contributed by atoms with Gasteiger partial charge in [0.15, 0.2) is 28.9 Å². The van der Waals surface area contributed by atoms with Crippen LogP contribution in [0.5, 0.6) is 5.75 Å². The van der Waals surface area contributed by atoms with E-state index in [4.69, 9.17) is 0 Å². The van der Waals surface area contributed by atoms with Crippen LogP contribution in [0.15, 0.2) is 29.6 Å². The minimum atomic E-state index is -0.991. The summed E-state index contributed by atoms with van der Waals surface area (Å²) in [6.07, 6.45) is 2.88. The minimum Gasteiger partial charge on any atom is -0.505 e. The summed E-state index contributed by atoms with van der Waals surface area (Å²) in [7, 11) is 3.27. The predicted molar refractivity (Wildman–Crippen MR) is 96.7 cm³/mol. The number of nitrogens with one attached hydrogen (secondary N) is 2. The number of H-pyrrole nitrogens is 1. The van der Waals surface area contributed by atoms with Gasteiger partial charge >= 0.3 is 0 Å². The van der Waals surface area contributed by atoms with Gasteiger partial charge in [0.2, 0.25) is 0 Å². The summed E-state index contributed by atoms with van der Waals surface area (Å²) in [5, 5.41) is 13.9. The number of fused-ring (bicyclic) bond motifs is 2. The first kappa shape index (κ1) is 16.7. The van der Waals surface area contributed by atoms with Gasteiger partial charge in [-0.2, -0.15) is 0 Å². The Balaban J connectivity index is 1.81. The van der Waals surface area contributed by atoms with Gasteiger partial charge in [-0.15, -0.1) is 0 Å². The van der Waals surface area contributed by atoms with Gasteiger partial charge in [-0.1, -0.05) is 0 Å². The van der Waals surface area contributed by atoms with Crippen molar-refractivity contribution >= 4 is 27.9 Å². The average Bonchev–Trinajstić information content (AvgIpc) is 3.11. The fourth-order valence-electron chi connectivity index (χ4n) is 2.85. The van der Waals surface area contributed by atoms with Crippen LogP contribution in [-0.2, 0) is 6.54 Å². The molecule has 4 rings (SSSR count). The molecular weight excluding hydrogens is 355 g/mol. The number of aromatic hydroxyl groups is 1. The molecule has 3 heterocycles. The van der Waals surface area contributed by atoms with E-state index in [2.05, 4.69) is 30.2 Å². The molecule has 0 spiro atoms. The third-order valence-corrected chi connectivity index (χ3v) is 4.04. The molecule has 4 aromatic rings. The van der Waals surface area contributed by atoms with Crippen LogP contribution < -0.4 is 15.9 Å². The Hall–Kier alpha value is -3.76. The summed E-state index contributed by atoms with van der Waals surface area (Å²) in [6, 6.07) is 2.57. The molecule has 0 saturated carbocycles. The van der Waals surface area contributed by atoms with E-state index in [9.17, 15) is 14.3 Å². The molecule has 138 valence electrons. The lowest BCUT2D eigenvalue weighted by molar-refractivity contribution is 0.435. The Morgan fingerprint density at radius 1 is 1.30 bits per heavy atom. The molecule has 11 heteroatoms. The maximum absolute atomic E-state index is 14.3. The minimum absolute atomic E-state index is 0.136. The molecule has 0 amide bonds. The highest BCUT2D eigenvalue weighted by Gasteiger charge is 2.18. The van der Waals surface area contributed by atoms with Crippen LogP contribution in [0.4, 0.5) is 10.2 Å². The number of benzene rings is 1. The van der Waals surface area contributed by atoms with Crippen molar-refractivity contribution in [2.75, 3.05) is 24.4 Å². The predicted octanol–water partition coefficient (Wildman–Crippen LogP) is 0.717. The highest BCUT2D eigenvalue weighted by molar-refractivity contribution is 5.82. The van der Waals surface area contributed by atoms with Crippen molar-refractivity contribution in [3.05, 3.63) is 46.8 Å². The number of hydrogen-bond donors (Lipinski definition) is 3. The zero-order valence-electron chi connectivity index (χ0n) is 14.4. The van der Waals surface area contributed by atoms with Gasteiger partial charge in [-0.25, -0.2) is 29.0 Å². The van der Waals surface area contributed by atoms with Crippen LogP contribution in [0.2, 0.25) is 0 Å². The Morgan fingerprint density at radius 2 is 2.11 bits per heavy atom. The van der Waals surface area contributed by atoms with Crippen LogP contribution in [-0.4, -0.2) is 48.8 Å². The first-order chi connectivity index (χ1) is 13.0. The molecule has 1 aromatic carbocycles. The third-order valence-electron chi connectivity index (χ3n) is 4.04. The van der Waals surface area contributed by atoms with E-state index >= 15 is 0 Å². The van der Waals surface area contributed by atoms with E-state index in [1.165, 1.54) is 34.5 Å². The van der Waals surface area contributed by atoms with E-state index in [1.54, 1.807) is 14.1 Å². The first-order valence-electron chi connectivity index (χ1n) is 7.96. The lowest BCUT2D eigenvalue weighted by atomic mass is 10.2. The van der Waals surface area contributed by atoms with Crippen LogP contribution >= 0.6 is 0 Å². The topological polar surface area (TPSA) is 125 Å². The number of anilines is 1. The van der Waals surface area contributed by atoms with Gasteiger partial charge < -0.3 is 20.4 Å². The molecule has 0 aliphatic rings. The van der Waals surface area contributed by atoms with Gasteiger partial charge in [0.1, 0.15) is 17.2 Å². The number of halogens is 1. The van der Waals surface area contributed by atoms with Crippen molar-refractivity contribution in [1.82, 2.24) is 29.6 Å². The number of aromatic nitrogens is 6. The SMILES string of the molecule is CN(C)n1c(CNc2ncnc3nc[nH]c23)nc2ccc(O)c(F)c2c1=O. The summed E-state index contributed by atoms with van der Waals surface area (Å²) in [5.41, 5.74) is 0.652. The second kappa shape index (κ2) is 6.20. The summed E-state index contributed by atoms with van der Waals surface area (Å²) in [4.78, 5) is 32.4. The molecule has 0 saturated heterocycles. The van der Waals surface area contributed by atoms with Crippen molar-refractivity contribution in [3.63, 3.8) is 0 Å². The lowest BCUT2D eigenvalue weighted by Crippen LogP contribution is -2.40. The zero-order valence-corrected chi connectivity index (χ0v) is 14.4. The molecule has 27 heavy (non-hydrogen) atoms. The summed E-state index contributed by atoms with van der Waals surface area (Å²) < 4.78 is 15.5. The number of aromatic amines is 1. The van der Waals surface area contributed by atoms with Crippen molar-refractivity contribution in [3.8, 4) is 5.75 Å². The Kier molecular flexibility index (Phi) is 3.83. The Labute approximate surface area is 151 Å². The Morgan fingerprint density at radius 3 is 2.89 bits per heavy atom. The molecule has 10 nitrogen and oxygen atoms in total. The summed E-state index contributed by atoms with van der Waals surface area (Å²) in [5.74, 6) is -0.752. The maximum Gasteiger partial charge on any atom is 0.283 e. The maximum atomic E-state index is 14.3. The molecule has 3 aromatic heterocycles. The van der Waals surface area contributed by atoms with Gasteiger partial charge in [-0.05, 0) is 12.1 Å². The van der Waals surface area contributed by atoms with Crippen LogP contribution in [0.25, 0.3) is 22.1 Å². The van der Waals surface area contributed by atoms with E-state index in [1.807, 2.05) is 0 Å². The molecule has 0 atom stereocenters. The molecule has 0 fully saturated rings. The van der Waals surface area contributed by atoms with Crippen molar-refractivity contribution < 1.29 is 9.50 Å². The summed E-state index contributed by atoms with van der Waals surface area (Å²) >= 11 is 0. The number of imidazole rings is 1. The molecule has 0 aliphatic carbocycles. The third kappa shape index (κ3) is 2.69. The van der Waals surface area contributed by atoms with Gasteiger partial charge in [0.25, 0.3) is 5.56 Å². The highest BCUT2D eigenvalue weighted by atomic mass is 19.1. The second-order valence-electron chi connectivity index (χ2n) is 5.96. The Bertz CT molecular complexity index is 1220.